The van der Waals surface area contributed by atoms with E-state index in [1.807, 2.05) is 0 Å². The monoisotopic (exact) mass is 264 g/mol. The van der Waals surface area contributed by atoms with Crippen LogP contribution in [0.15, 0.2) is 0 Å². The topological polar surface area (TPSA) is 37.3 Å². The Hall–Kier alpha value is -0.0500. The van der Waals surface area contributed by atoms with E-state index in [0.717, 1.165) is 37.4 Å². The van der Waals surface area contributed by atoms with Crippen molar-refractivity contribution in [2.24, 2.45) is 11.8 Å². The molecule has 0 aromatic rings. The van der Waals surface area contributed by atoms with Gasteiger partial charge in [0.15, 0.2) is 0 Å². The highest BCUT2D eigenvalue weighted by Gasteiger charge is 2.20. The maximum atomic E-state index is 11.0. The summed E-state index contributed by atoms with van der Waals surface area (Å²) in [6.45, 7) is 4.21. The molecular weight excluding hydrogens is 244 g/mol. The van der Waals surface area contributed by atoms with Gasteiger partial charge in [0.1, 0.15) is 0 Å². The highest BCUT2D eigenvalue weighted by Crippen LogP contribution is 2.22. The second kappa shape index (κ2) is 8.27. The number of alkyl halides is 1. The lowest BCUT2D eigenvalue weighted by Gasteiger charge is -2.17. The van der Waals surface area contributed by atoms with Crippen LogP contribution in [-0.4, -0.2) is 16.4 Å². The van der Waals surface area contributed by atoms with Crippen LogP contribution in [0.3, 0.4) is 0 Å². The predicted octanol–water partition coefficient (Wildman–Crippen LogP) is 3.69. The molecule has 3 heteroatoms. The van der Waals surface area contributed by atoms with E-state index in [1.165, 1.54) is 0 Å². The van der Waals surface area contributed by atoms with Gasteiger partial charge in [0.05, 0.1) is 5.92 Å². The van der Waals surface area contributed by atoms with Crippen molar-refractivity contribution < 1.29 is 9.90 Å². The summed E-state index contributed by atoms with van der Waals surface area (Å²) in [5.74, 6) is -0.261. The van der Waals surface area contributed by atoms with Crippen molar-refractivity contribution in [1.29, 1.82) is 0 Å². The summed E-state index contributed by atoms with van der Waals surface area (Å²) >= 11 is 3.43. The highest BCUT2D eigenvalue weighted by atomic mass is 79.9. The Kier molecular flexibility index (Phi) is 8.24. The van der Waals surface area contributed by atoms with Crippen LogP contribution >= 0.6 is 15.9 Å². The van der Waals surface area contributed by atoms with Crippen molar-refractivity contribution in [3.8, 4) is 0 Å². The number of carbonyl (C=O) groups is 1. The normalized spacial score (nSPS) is 15.1. The van der Waals surface area contributed by atoms with Gasteiger partial charge >= 0.3 is 5.97 Å². The SMILES string of the molecule is CCCCC(CC(CC)CBr)C(=O)O. The zero-order chi connectivity index (χ0) is 11.0. The Morgan fingerprint density at radius 1 is 1.43 bits per heavy atom. The summed E-state index contributed by atoms with van der Waals surface area (Å²) in [5, 5.41) is 9.94. The molecule has 0 aromatic heterocycles. The van der Waals surface area contributed by atoms with Gasteiger partial charge in [-0.3, -0.25) is 4.79 Å². The lowest BCUT2D eigenvalue weighted by atomic mass is 9.90. The summed E-state index contributed by atoms with van der Waals surface area (Å²) in [6.07, 6.45) is 4.80. The van der Waals surface area contributed by atoms with E-state index in [4.69, 9.17) is 5.11 Å². The number of hydrogen-bond acceptors (Lipinski definition) is 1. The van der Waals surface area contributed by atoms with Gasteiger partial charge in [0.2, 0.25) is 0 Å². The van der Waals surface area contributed by atoms with Crippen LogP contribution in [0, 0.1) is 11.8 Å². The van der Waals surface area contributed by atoms with Gasteiger partial charge in [-0.05, 0) is 18.8 Å². The average Bonchev–Trinajstić information content (AvgIpc) is 2.18. The Labute approximate surface area is 95.2 Å². The Bertz CT molecular complexity index is 155. The van der Waals surface area contributed by atoms with Crippen molar-refractivity contribution in [3.05, 3.63) is 0 Å². The molecule has 0 saturated heterocycles. The van der Waals surface area contributed by atoms with Gasteiger partial charge in [-0.15, -0.1) is 0 Å². The standard InChI is InChI=1S/C11H21BrO2/c1-3-5-6-10(11(13)14)7-9(4-2)8-12/h9-10H,3-8H2,1-2H3,(H,13,14). The Balaban J connectivity index is 4.00. The minimum Gasteiger partial charge on any atom is -0.481 e. The van der Waals surface area contributed by atoms with Crippen LogP contribution in [-0.2, 0) is 4.79 Å². The zero-order valence-corrected chi connectivity index (χ0v) is 10.7. The molecule has 2 atom stereocenters. The van der Waals surface area contributed by atoms with Crippen molar-refractivity contribution in [1.82, 2.24) is 0 Å². The molecule has 2 unspecified atom stereocenters. The van der Waals surface area contributed by atoms with E-state index < -0.39 is 5.97 Å². The molecule has 0 aliphatic carbocycles. The van der Waals surface area contributed by atoms with Gasteiger partial charge in [0, 0.05) is 5.33 Å². The maximum Gasteiger partial charge on any atom is 0.306 e. The minimum atomic E-state index is -0.627. The fraction of sp³-hybridized carbons (Fsp3) is 0.909. The van der Waals surface area contributed by atoms with E-state index >= 15 is 0 Å². The second-order valence-corrected chi connectivity index (χ2v) is 4.49. The molecule has 0 aromatic carbocycles. The molecule has 0 saturated carbocycles. The molecule has 0 spiro atoms. The number of hydrogen-bond donors (Lipinski definition) is 1. The van der Waals surface area contributed by atoms with Crippen molar-refractivity contribution in [2.75, 3.05) is 5.33 Å². The van der Waals surface area contributed by atoms with Crippen LogP contribution in [0.1, 0.15) is 46.0 Å². The van der Waals surface area contributed by atoms with E-state index in [1.54, 1.807) is 0 Å². The van der Waals surface area contributed by atoms with Crippen LogP contribution < -0.4 is 0 Å². The molecule has 0 fully saturated rings. The predicted molar refractivity (Wildman–Crippen MR) is 62.8 cm³/mol. The maximum absolute atomic E-state index is 11.0. The largest absolute Gasteiger partial charge is 0.481 e. The first-order valence-electron chi connectivity index (χ1n) is 5.44. The van der Waals surface area contributed by atoms with Crippen molar-refractivity contribution in [2.45, 2.75) is 46.0 Å². The summed E-state index contributed by atoms with van der Waals surface area (Å²) in [7, 11) is 0. The Morgan fingerprint density at radius 2 is 2.07 bits per heavy atom. The quantitative estimate of drug-likeness (QED) is 0.679. The smallest absolute Gasteiger partial charge is 0.306 e. The van der Waals surface area contributed by atoms with Gasteiger partial charge in [-0.2, -0.15) is 0 Å². The van der Waals surface area contributed by atoms with E-state index in [2.05, 4.69) is 29.8 Å². The number of unbranched alkanes of at least 4 members (excludes halogenated alkanes) is 1. The minimum absolute atomic E-state index is 0.141. The third-order valence-electron chi connectivity index (χ3n) is 2.67. The second-order valence-electron chi connectivity index (χ2n) is 3.84. The number of rotatable bonds is 8. The first kappa shape index (κ1) is 13.9. The third-order valence-corrected chi connectivity index (χ3v) is 3.58. The first-order chi connectivity index (χ1) is 6.65. The number of carboxylic acids is 1. The van der Waals surface area contributed by atoms with Crippen LogP contribution in [0.25, 0.3) is 0 Å². The fourth-order valence-electron chi connectivity index (χ4n) is 1.53. The molecule has 0 radical (unpaired) electrons. The van der Waals surface area contributed by atoms with Crippen molar-refractivity contribution in [3.63, 3.8) is 0 Å². The van der Waals surface area contributed by atoms with Gasteiger partial charge in [-0.25, -0.2) is 0 Å². The lowest BCUT2D eigenvalue weighted by molar-refractivity contribution is -0.142. The van der Waals surface area contributed by atoms with E-state index in [9.17, 15) is 4.79 Å². The molecular formula is C11H21BrO2. The molecule has 2 nitrogen and oxygen atoms in total. The van der Waals surface area contributed by atoms with E-state index in [-0.39, 0.29) is 5.92 Å². The molecule has 0 aliphatic rings. The number of halogens is 1. The third kappa shape index (κ3) is 5.63. The van der Waals surface area contributed by atoms with Crippen LogP contribution in [0.5, 0.6) is 0 Å². The summed E-state index contributed by atoms with van der Waals surface area (Å²) < 4.78 is 0. The average molecular weight is 265 g/mol. The molecule has 14 heavy (non-hydrogen) atoms. The number of carboxylic acid groups (broad SMARTS) is 1. The van der Waals surface area contributed by atoms with Gasteiger partial charge < -0.3 is 5.11 Å². The first-order valence-corrected chi connectivity index (χ1v) is 6.56. The fourth-order valence-corrected chi connectivity index (χ4v) is 2.26. The summed E-state index contributed by atoms with van der Waals surface area (Å²) in [4.78, 5) is 11.0. The van der Waals surface area contributed by atoms with E-state index in [0.29, 0.717) is 5.92 Å². The number of aliphatic carboxylic acids is 1. The summed E-state index contributed by atoms with van der Waals surface area (Å²) in [6, 6.07) is 0. The molecule has 0 heterocycles. The van der Waals surface area contributed by atoms with Crippen LogP contribution in [0.4, 0.5) is 0 Å². The summed E-state index contributed by atoms with van der Waals surface area (Å²) in [5.41, 5.74) is 0. The van der Waals surface area contributed by atoms with Crippen LogP contribution in [0.2, 0.25) is 0 Å². The highest BCUT2D eigenvalue weighted by molar-refractivity contribution is 9.09. The molecule has 0 amide bonds. The Morgan fingerprint density at radius 3 is 2.43 bits per heavy atom. The van der Waals surface area contributed by atoms with Gasteiger partial charge in [-0.1, -0.05) is 49.0 Å². The van der Waals surface area contributed by atoms with Gasteiger partial charge in [0.25, 0.3) is 0 Å². The lowest BCUT2D eigenvalue weighted by Crippen LogP contribution is -2.18. The molecule has 0 bridgehead atoms. The molecule has 84 valence electrons. The zero-order valence-electron chi connectivity index (χ0n) is 9.13. The van der Waals surface area contributed by atoms with Crippen molar-refractivity contribution >= 4 is 21.9 Å². The molecule has 0 aliphatic heterocycles. The molecule has 1 N–H and O–H groups in total. The molecule has 0 rings (SSSR count).